The van der Waals surface area contributed by atoms with Crippen molar-refractivity contribution in [3.8, 4) is 0 Å². The molecule has 1 N–H and O–H groups in total. The van der Waals surface area contributed by atoms with E-state index in [0.717, 1.165) is 32.8 Å². The van der Waals surface area contributed by atoms with Crippen LogP contribution in [0, 0.1) is 5.92 Å². The van der Waals surface area contributed by atoms with Crippen LogP contribution >= 0.6 is 0 Å². The van der Waals surface area contributed by atoms with E-state index in [1.54, 1.807) is 7.11 Å². The second-order valence-electron chi connectivity index (χ2n) is 5.69. The van der Waals surface area contributed by atoms with Crippen LogP contribution in [-0.4, -0.2) is 63.5 Å². The summed E-state index contributed by atoms with van der Waals surface area (Å²) in [6.45, 7) is 8.36. The molecule has 0 aromatic rings. The Kier molecular flexibility index (Phi) is 5.89. The van der Waals surface area contributed by atoms with Gasteiger partial charge in [-0.1, -0.05) is 6.92 Å². The van der Waals surface area contributed by atoms with Crippen LogP contribution in [0.1, 0.15) is 26.2 Å². The van der Waals surface area contributed by atoms with Crippen molar-refractivity contribution in [1.82, 2.24) is 10.2 Å². The first kappa shape index (κ1) is 14.3. The van der Waals surface area contributed by atoms with E-state index in [1.165, 1.54) is 25.9 Å². The molecule has 2 aliphatic rings. The molecule has 2 heterocycles. The monoisotopic (exact) mass is 256 g/mol. The molecule has 2 aliphatic heterocycles. The highest BCUT2D eigenvalue weighted by Gasteiger charge is 2.29. The molecule has 4 heteroatoms. The molecule has 18 heavy (non-hydrogen) atoms. The second-order valence-corrected chi connectivity index (χ2v) is 5.69. The van der Waals surface area contributed by atoms with Gasteiger partial charge >= 0.3 is 0 Å². The maximum Gasteiger partial charge on any atom is 0.0589 e. The summed E-state index contributed by atoms with van der Waals surface area (Å²) < 4.78 is 10.8. The van der Waals surface area contributed by atoms with E-state index in [1.807, 2.05) is 0 Å². The molecular formula is C14H28N2O2. The fourth-order valence-corrected chi connectivity index (χ4v) is 3.21. The lowest BCUT2D eigenvalue weighted by Gasteiger charge is -2.39. The average molecular weight is 256 g/mol. The van der Waals surface area contributed by atoms with E-state index < -0.39 is 0 Å². The zero-order valence-electron chi connectivity index (χ0n) is 11.9. The standard InChI is InChI=1S/C14H28N2O2/c1-12-11-18-8-5-14(12)16(7-9-17-2)10-13-4-3-6-15-13/h12-15H,3-11H2,1-2H3. The summed E-state index contributed by atoms with van der Waals surface area (Å²) in [5.41, 5.74) is 0. The van der Waals surface area contributed by atoms with Crippen molar-refractivity contribution in [3.63, 3.8) is 0 Å². The van der Waals surface area contributed by atoms with E-state index in [-0.39, 0.29) is 0 Å². The van der Waals surface area contributed by atoms with Crippen LogP contribution in [0.5, 0.6) is 0 Å². The SMILES string of the molecule is COCCN(CC1CCCN1)C1CCOCC1C. The summed E-state index contributed by atoms with van der Waals surface area (Å²) in [4.78, 5) is 2.62. The Balaban J connectivity index is 1.89. The smallest absolute Gasteiger partial charge is 0.0589 e. The summed E-state index contributed by atoms with van der Waals surface area (Å²) in [5, 5.41) is 3.60. The van der Waals surface area contributed by atoms with E-state index >= 15 is 0 Å². The fourth-order valence-electron chi connectivity index (χ4n) is 3.21. The summed E-state index contributed by atoms with van der Waals surface area (Å²) in [5.74, 6) is 0.636. The summed E-state index contributed by atoms with van der Waals surface area (Å²) in [7, 11) is 1.79. The number of hydrogen-bond acceptors (Lipinski definition) is 4. The van der Waals surface area contributed by atoms with E-state index in [4.69, 9.17) is 9.47 Å². The van der Waals surface area contributed by atoms with E-state index in [0.29, 0.717) is 18.0 Å². The topological polar surface area (TPSA) is 33.7 Å². The lowest BCUT2D eigenvalue weighted by atomic mass is 9.95. The fraction of sp³-hybridized carbons (Fsp3) is 1.00. The molecule has 0 radical (unpaired) electrons. The van der Waals surface area contributed by atoms with Crippen LogP contribution in [0.4, 0.5) is 0 Å². The Hall–Kier alpha value is -0.160. The Morgan fingerprint density at radius 1 is 1.39 bits per heavy atom. The van der Waals surface area contributed by atoms with Gasteiger partial charge in [-0.05, 0) is 31.7 Å². The number of methoxy groups -OCH3 is 1. The zero-order chi connectivity index (χ0) is 12.8. The van der Waals surface area contributed by atoms with Gasteiger partial charge in [0.1, 0.15) is 0 Å². The highest BCUT2D eigenvalue weighted by atomic mass is 16.5. The molecule has 0 spiro atoms. The van der Waals surface area contributed by atoms with Gasteiger partial charge in [0.15, 0.2) is 0 Å². The third-order valence-electron chi connectivity index (χ3n) is 4.26. The largest absolute Gasteiger partial charge is 0.383 e. The summed E-state index contributed by atoms with van der Waals surface area (Å²) in [6.07, 6.45) is 3.81. The molecule has 0 saturated carbocycles. The van der Waals surface area contributed by atoms with Crippen molar-refractivity contribution < 1.29 is 9.47 Å². The van der Waals surface area contributed by atoms with E-state index in [9.17, 15) is 0 Å². The third kappa shape index (κ3) is 3.92. The van der Waals surface area contributed by atoms with Crippen molar-refractivity contribution in [3.05, 3.63) is 0 Å². The number of rotatable bonds is 6. The molecule has 0 aliphatic carbocycles. The Labute approximate surface area is 111 Å². The number of hydrogen-bond donors (Lipinski definition) is 1. The number of nitrogens with zero attached hydrogens (tertiary/aromatic N) is 1. The van der Waals surface area contributed by atoms with Crippen LogP contribution in [0.25, 0.3) is 0 Å². The van der Waals surface area contributed by atoms with Crippen LogP contribution in [0.15, 0.2) is 0 Å². The Morgan fingerprint density at radius 2 is 2.28 bits per heavy atom. The minimum absolute atomic E-state index is 0.636. The van der Waals surface area contributed by atoms with Gasteiger partial charge in [-0.15, -0.1) is 0 Å². The highest BCUT2D eigenvalue weighted by Crippen LogP contribution is 2.21. The second kappa shape index (κ2) is 7.43. The Morgan fingerprint density at radius 3 is 2.94 bits per heavy atom. The van der Waals surface area contributed by atoms with Gasteiger partial charge in [0.05, 0.1) is 13.2 Å². The zero-order valence-corrected chi connectivity index (χ0v) is 11.9. The molecule has 106 valence electrons. The van der Waals surface area contributed by atoms with Gasteiger partial charge in [-0.2, -0.15) is 0 Å². The van der Waals surface area contributed by atoms with Crippen molar-refractivity contribution >= 4 is 0 Å². The van der Waals surface area contributed by atoms with Crippen molar-refractivity contribution in [2.24, 2.45) is 5.92 Å². The highest BCUT2D eigenvalue weighted by molar-refractivity contribution is 4.85. The van der Waals surface area contributed by atoms with Crippen molar-refractivity contribution in [2.45, 2.75) is 38.3 Å². The molecule has 0 aromatic carbocycles. The molecule has 3 unspecified atom stereocenters. The summed E-state index contributed by atoms with van der Waals surface area (Å²) >= 11 is 0. The molecule has 0 amide bonds. The lowest BCUT2D eigenvalue weighted by molar-refractivity contribution is -0.0149. The Bertz CT molecular complexity index is 232. The molecule has 2 saturated heterocycles. The quantitative estimate of drug-likeness (QED) is 0.772. The summed E-state index contributed by atoms with van der Waals surface area (Å²) in [6, 6.07) is 1.34. The molecule has 2 fully saturated rings. The predicted molar refractivity (Wildman–Crippen MR) is 72.9 cm³/mol. The first-order valence-electron chi connectivity index (χ1n) is 7.35. The number of ether oxygens (including phenoxy) is 2. The first-order chi connectivity index (χ1) is 8.81. The number of nitrogens with one attached hydrogen (secondary N) is 1. The van der Waals surface area contributed by atoms with Gasteiger partial charge in [0.2, 0.25) is 0 Å². The molecule has 2 rings (SSSR count). The van der Waals surface area contributed by atoms with Crippen LogP contribution in [-0.2, 0) is 9.47 Å². The van der Waals surface area contributed by atoms with Crippen molar-refractivity contribution in [2.75, 3.05) is 46.6 Å². The maximum absolute atomic E-state index is 5.56. The van der Waals surface area contributed by atoms with Crippen LogP contribution < -0.4 is 5.32 Å². The minimum Gasteiger partial charge on any atom is -0.383 e. The van der Waals surface area contributed by atoms with Gasteiger partial charge < -0.3 is 14.8 Å². The van der Waals surface area contributed by atoms with Crippen LogP contribution in [0.2, 0.25) is 0 Å². The van der Waals surface area contributed by atoms with Gasteiger partial charge in [-0.3, -0.25) is 4.90 Å². The van der Waals surface area contributed by atoms with Gasteiger partial charge in [0.25, 0.3) is 0 Å². The minimum atomic E-state index is 0.636. The molecular weight excluding hydrogens is 228 g/mol. The van der Waals surface area contributed by atoms with Gasteiger partial charge in [-0.25, -0.2) is 0 Å². The molecule has 0 bridgehead atoms. The molecule has 4 nitrogen and oxygen atoms in total. The normalized spacial score (nSPS) is 33.2. The lowest BCUT2D eigenvalue weighted by Crippen LogP contribution is -2.50. The maximum atomic E-state index is 5.56. The van der Waals surface area contributed by atoms with E-state index in [2.05, 4.69) is 17.1 Å². The first-order valence-corrected chi connectivity index (χ1v) is 7.35. The van der Waals surface area contributed by atoms with Gasteiger partial charge in [0, 0.05) is 38.9 Å². The average Bonchev–Trinajstić information content (AvgIpc) is 2.88. The van der Waals surface area contributed by atoms with Crippen LogP contribution in [0.3, 0.4) is 0 Å². The predicted octanol–water partition coefficient (Wildman–Crippen LogP) is 1.11. The third-order valence-corrected chi connectivity index (χ3v) is 4.26. The van der Waals surface area contributed by atoms with Crippen molar-refractivity contribution in [1.29, 1.82) is 0 Å². The molecule has 0 aromatic heterocycles. The molecule has 3 atom stereocenters.